The van der Waals surface area contributed by atoms with Gasteiger partial charge in [0.1, 0.15) is 0 Å². The van der Waals surface area contributed by atoms with Crippen LogP contribution in [0.4, 0.5) is 5.95 Å². The number of ether oxygens (including phenoxy) is 1. The molecular formula is C13H19N3O. The molecule has 3 atom stereocenters. The van der Waals surface area contributed by atoms with E-state index in [1.807, 2.05) is 19.3 Å². The molecule has 0 aromatic carbocycles. The van der Waals surface area contributed by atoms with Crippen molar-refractivity contribution in [3.8, 4) is 0 Å². The minimum Gasteiger partial charge on any atom is -0.378 e. The third kappa shape index (κ3) is 2.27. The van der Waals surface area contributed by atoms with Gasteiger partial charge in [-0.3, -0.25) is 0 Å². The van der Waals surface area contributed by atoms with Crippen molar-refractivity contribution in [2.75, 3.05) is 11.9 Å². The number of aromatic nitrogens is 2. The summed E-state index contributed by atoms with van der Waals surface area (Å²) < 4.78 is 5.76. The summed E-state index contributed by atoms with van der Waals surface area (Å²) in [5.41, 5.74) is 1.10. The van der Waals surface area contributed by atoms with Crippen molar-refractivity contribution in [2.24, 2.45) is 5.92 Å². The molecule has 4 heteroatoms. The van der Waals surface area contributed by atoms with Crippen molar-refractivity contribution in [1.82, 2.24) is 9.97 Å². The maximum atomic E-state index is 5.76. The van der Waals surface area contributed by atoms with Crippen LogP contribution in [-0.2, 0) is 4.74 Å². The Hall–Kier alpha value is -1.16. The number of aryl methyl sites for hydroxylation is 1. The Morgan fingerprint density at radius 3 is 2.88 bits per heavy atom. The summed E-state index contributed by atoms with van der Waals surface area (Å²) in [5, 5.41) is 3.48. The highest BCUT2D eigenvalue weighted by Gasteiger charge is 2.37. The van der Waals surface area contributed by atoms with Crippen LogP contribution in [0.25, 0.3) is 0 Å². The second kappa shape index (κ2) is 4.61. The van der Waals surface area contributed by atoms with E-state index in [2.05, 4.69) is 15.3 Å². The molecule has 1 saturated carbocycles. The number of nitrogens with zero attached hydrogens (tertiary/aromatic N) is 2. The highest BCUT2D eigenvalue weighted by atomic mass is 16.5. The minimum atomic E-state index is 0.465. The summed E-state index contributed by atoms with van der Waals surface area (Å²) in [6.45, 7) is 2.92. The second-order valence-electron chi connectivity index (χ2n) is 5.13. The van der Waals surface area contributed by atoms with Crippen molar-refractivity contribution >= 4 is 5.95 Å². The summed E-state index contributed by atoms with van der Waals surface area (Å²) in [5.74, 6) is 1.40. The van der Waals surface area contributed by atoms with Gasteiger partial charge in [-0.05, 0) is 38.2 Å². The first kappa shape index (κ1) is 11.0. The van der Waals surface area contributed by atoms with Gasteiger partial charge in [-0.2, -0.15) is 0 Å². The number of fused-ring (bicyclic) bond motifs is 1. The van der Waals surface area contributed by atoms with Crippen molar-refractivity contribution in [3.63, 3.8) is 0 Å². The molecule has 1 saturated heterocycles. The largest absolute Gasteiger partial charge is 0.378 e. The predicted molar refractivity (Wildman–Crippen MR) is 65.9 cm³/mol. The molecule has 4 nitrogen and oxygen atoms in total. The Balaban J connectivity index is 1.69. The molecule has 0 amide bonds. The third-order valence-corrected chi connectivity index (χ3v) is 3.88. The molecule has 1 N–H and O–H groups in total. The van der Waals surface area contributed by atoms with Gasteiger partial charge < -0.3 is 10.1 Å². The first-order chi connectivity index (χ1) is 8.33. The van der Waals surface area contributed by atoms with E-state index < -0.39 is 0 Å². The van der Waals surface area contributed by atoms with Gasteiger partial charge in [0.05, 0.1) is 6.10 Å². The lowest BCUT2D eigenvalue weighted by atomic mass is 9.82. The summed E-state index contributed by atoms with van der Waals surface area (Å²) in [7, 11) is 0. The first-order valence-corrected chi connectivity index (χ1v) is 6.50. The van der Waals surface area contributed by atoms with E-state index in [1.54, 1.807) is 0 Å². The van der Waals surface area contributed by atoms with E-state index in [0.717, 1.165) is 18.1 Å². The number of hydrogen-bond donors (Lipinski definition) is 1. The molecule has 0 radical (unpaired) electrons. The zero-order chi connectivity index (χ0) is 11.7. The average molecular weight is 233 g/mol. The Labute approximate surface area is 102 Å². The maximum absolute atomic E-state index is 5.76. The molecule has 3 unspecified atom stereocenters. The fourth-order valence-corrected chi connectivity index (χ4v) is 2.99. The van der Waals surface area contributed by atoms with Crippen LogP contribution < -0.4 is 5.32 Å². The minimum absolute atomic E-state index is 0.465. The Bertz CT molecular complexity index is 379. The molecule has 1 aromatic rings. The summed E-state index contributed by atoms with van der Waals surface area (Å²) in [4.78, 5) is 8.65. The van der Waals surface area contributed by atoms with Gasteiger partial charge in [-0.25, -0.2) is 9.97 Å². The van der Waals surface area contributed by atoms with E-state index in [9.17, 15) is 0 Å². The van der Waals surface area contributed by atoms with Gasteiger partial charge >= 0.3 is 0 Å². The van der Waals surface area contributed by atoms with E-state index in [1.165, 1.54) is 25.7 Å². The molecule has 2 fully saturated rings. The van der Waals surface area contributed by atoms with Crippen LogP contribution in [0, 0.1) is 12.8 Å². The summed E-state index contributed by atoms with van der Waals surface area (Å²) in [6.07, 6.45) is 9.03. The van der Waals surface area contributed by atoms with Crippen molar-refractivity contribution < 1.29 is 4.74 Å². The van der Waals surface area contributed by atoms with Crippen LogP contribution in [-0.4, -0.2) is 28.7 Å². The lowest BCUT2D eigenvalue weighted by Gasteiger charge is -2.33. The van der Waals surface area contributed by atoms with Crippen LogP contribution >= 0.6 is 0 Å². The predicted octanol–water partition coefficient (Wildman–Crippen LogP) is 2.15. The zero-order valence-corrected chi connectivity index (χ0v) is 10.2. The molecular weight excluding hydrogens is 214 g/mol. The van der Waals surface area contributed by atoms with E-state index in [4.69, 9.17) is 4.74 Å². The summed E-state index contributed by atoms with van der Waals surface area (Å²) in [6, 6.07) is 0.485. The smallest absolute Gasteiger partial charge is 0.222 e. The molecule has 1 aromatic heterocycles. The molecule has 2 heterocycles. The maximum Gasteiger partial charge on any atom is 0.222 e. The van der Waals surface area contributed by atoms with Crippen molar-refractivity contribution in [1.29, 1.82) is 0 Å². The molecule has 1 aliphatic heterocycles. The zero-order valence-electron chi connectivity index (χ0n) is 10.2. The van der Waals surface area contributed by atoms with Crippen molar-refractivity contribution in [2.45, 2.75) is 44.8 Å². The van der Waals surface area contributed by atoms with Gasteiger partial charge in [-0.15, -0.1) is 0 Å². The van der Waals surface area contributed by atoms with Crippen LogP contribution in [0.2, 0.25) is 0 Å². The van der Waals surface area contributed by atoms with E-state index in [-0.39, 0.29) is 0 Å². The standard InChI is InChI=1S/C13H19N3O/c1-9-7-14-13(15-8-9)16-11-3-2-4-12-10(11)5-6-17-12/h7-8,10-12H,2-6H2,1H3,(H,14,15,16). The third-order valence-electron chi connectivity index (χ3n) is 3.88. The average Bonchev–Trinajstić information content (AvgIpc) is 2.81. The van der Waals surface area contributed by atoms with Gasteiger partial charge in [-0.1, -0.05) is 0 Å². The quantitative estimate of drug-likeness (QED) is 0.850. The molecule has 3 rings (SSSR count). The molecule has 2 aliphatic rings. The lowest BCUT2D eigenvalue weighted by Crippen LogP contribution is -2.38. The van der Waals surface area contributed by atoms with E-state index in [0.29, 0.717) is 18.1 Å². The Morgan fingerprint density at radius 1 is 1.24 bits per heavy atom. The fourth-order valence-electron chi connectivity index (χ4n) is 2.99. The van der Waals surface area contributed by atoms with E-state index >= 15 is 0 Å². The van der Waals surface area contributed by atoms with Crippen LogP contribution in [0.5, 0.6) is 0 Å². The molecule has 0 spiro atoms. The number of rotatable bonds is 2. The van der Waals surface area contributed by atoms with Crippen LogP contribution in [0.1, 0.15) is 31.2 Å². The highest BCUT2D eigenvalue weighted by Crippen LogP contribution is 2.35. The molecule has 92 valence electrons. The monoisotopic (exact) mass is 233 g/mol. The Kier molecular flexibility index (Phi) is 2.97. The normalized spacial score (nSPS) is 32.2. The van der Waals surface area contributed by atoms with Gasteiger partial charge in [0.25, 0.3) is 0 Å². The lowest BCUT2D eigenvalue weighted by molar-refractivity contribution is 0.0619. The Morgan fingerprint density at radius 2 is 2.06 bits per heavy atom. The molecule has 17 heavy (non-hydrogen) atoms. The van der Waals surface area contributed by atoms with Crippen LogP contribution in [0.15, 0.2) is 12.4 Å². The number of nitrogens with one attached hydrogen (secondary N) is 1. The number of anilines is 1. The SMILES string of the molecule is Cc1cnc(NC2CCCC3OCCC23)nc1. The second-order valence-corrected chi connectivity index (χ2v) is 5.13. The van der Waals surface area contributed by atoms with Crippen molar-refractivity contribution in [3.05, 3.63) is 18.0 Å². The topological polar surface area (TPSA) is 47.0 Å². The van der Waals surface area contributed by atoms with Gasteiger partial charge in [0, 0.05) is 31.0 Å². The van der Waals surface area contributed by atoms with Gasteiger partial charge in [0.15, 0.2) is 0 Å². The van der Waals surface area contributed by atoms with Gasteiger partial charge in [0.2, 0.25) is 5.95 Å². The van der Waals surface area contributed by atoms with Crippen LogP contribution in [0.3, 0.4) is 0 Å². The highest BCUT2D eigenvalue weighted by molar-refractivity contribution is 5.27. The first-order valence-electron chi connectivity index (χ1n) is 6.50. The summed E-state index contributed by atoms with van der Waals surface area (Å²) >= 11 is 0. The molecule has 1 aliphatic carbocycles. The molecule has 0 bridgehead atoms. The number of hydrogen-bond acceptors (Lipinski definition) is 4. The fraction of sp³-hybridized carbons (Fsp3) is 0.692.